The van der Waals surface area contributed by atoms with Crippen LogP contribution in [0.4, 0.5) is 8.78 Å². The second kappa shape index (κ2) is 12.2. The molecule has 29 heavy (non-hydrogen) atoms. The van der Waals surface area contributed by atoms with Crippen molar-refractivity contribution in [3.63, 3.8) is 0 Å². The minimum atomic E-state index is -1.52. The molecule has 3 saturated carbocycles. The zero-order chi connectivity index (χ0) is 20.5. The fraction of sp³-hybridized carbons (Fsp3) is 0.880. The summed E-state index contributed by atoms with van der Waals surface area (Å²) in [7, 11) is 0. The smallest absolute Gasteiger partial charge is 0.266 e. The molecule has 2 nitrogen and oxygen atoms in total. The van der Waals surface area contributed by atoms with Gasteiger partial charge >= 0.3 is 0 Å². The van der Waals surface area contributed by atoms with Gasteiger partial charge in [-0.15, -0.1) is 0 Å². The summed E-state index contributed by atoms with van der Waals surface area (Å²) in [5.74, 6) is 3.57. The third kappa shape index (κ3) is 8.11. The highest BCUT2D eigenvalue weighted by molar-refractivity contribution is 5.78. The van der Waals surface area contributed by atoms with Gasteiger partial charge in [0.1, 0.15) is 5.78 Å². The number of halogens is 2. The molecule has 166 valence electrons. The molecule has 0 amide bonds. The predicted octanol–water partition coefficient (Wildman–Crippen LogP) is 7.47. The Labute approximate surface area is 175 Å². The Balaban J connectivity index is 1.22. The summed E-state index contributed by atoms with van der Waals surface area (Å²) in [5, 5.41) is 0. The minimum absolute atomic E-state index is 0.451. The Morgan fingerprint density at radius 3 is 2.03 bits per heavy atom. The lowest BCUT2D eigenvalue weighted by molar-refractivity contribution is -0.121. The van der Waals surface area contributed by atoms with Crippen LogP contribution in [0.2, 0.25) is 0 Å². The van der Waals surface area contributed by atoms with Crippen molar-refractivity contribution in [3.8, 4) is 0 Å². The van der Waals surface area contributed by atoms with E-state index in [1.807, 2.05) is 0 Å². The van der Waals surface area contributed by atoms with E-state index in [-0.39, 0.29) is 0 Å². The highest BCUT2D eigenvalue weighted by Crippen LogP contribution is 2.41. The number of carbonyl (C=O) groups is 1. The first-order chi connectivity index (χ1) is 14.1. The number of carbonyl (C=O) groups excluding carboxylic acids is 1. The van der Waals surface area contributed by atoms with Gasteiger partial charge in [-0.3, -0.25) is 4.79 Å². The number of allylic oxidation sites excluding steroid dienone is 1. The van der Waals surface area contributed by atoms with E-state index in [0.717, 1.165) is 69.0 Å². The fourth-order valence-corrected chi connectivity index (χ4v) is 6.01. The van der Waals surface area contributed by atoms with E-state index in [1.165, 1.54) is 57.8 Å². The Hall–Kier alpha value is -0.770. The Kier molecular flexibility index (Phi) is 9.61. The minimum Gasteiger partial charge on any atom is -0.378 e. The van der Waals surface area contributed by atoms with E-state index in [1.54, 1.807) is 0 Å². The van der Waals surface area contributed by atoms with Crippen LogP contribution in [0.3, 0.4) is 0 Å². The van der Waals surface area contributed by atoms with Gasteiger partial charge < -0.3 is 4.74 Å². The maximum Gasteiger partial charge on any atom is 0.266 e. The molecule has 0 aliphatic heterocycles. The topological polar surface area (TPSA) is 26.3 Å². The Morgan fingerprint density at radius 2 is 1.41 bits per heavy atom. The van der Waals surface area contributed by atoms with Crippen LogP contribution in [-0.4, -0.2) is 18.5 Å². The fourth-order valence-electron chi connectivity index (χ4n) is 6.01. The van der Waals surface area contributed by atoms with Gasteiger partial charge in [-0.25, -0.2) is 0 Å². The third-order valence-corrected chi connectivity index (χ3v) is 7.92. The largest absolute Gasteiger partial charge is 0.378 e. The number of ether oxygens (including phenoxy) is 1. The van der Waals surface area contributed by atoms with Crippen LogP contribution < -0.4 is 0 Å². The van der Waals surface area contributed by atoms with Crippen molar-refractivity contribution in [1.82, 2.24) is 0 Å². The van der Waals surface area contributed by atoms with Crippen LogP contribution in [0.1, 0.15) is 103 Å². The summed E-state index contributed by atoms with van der Waals surface area (Å²) in [4.78, 5) is 11.3. The summed E-state index contributed by atoms with van der Waals surface area (Å²) >= 11 is 0. The van der Waals surface area contributed by atoms with Crippen LogP contribution in [0, 0.1) is 23.7 Å². The second-order valence-electron chi connectivity index (χ2n) is 9.88. The van der Waals surface area contributed by atoms with Gasteiger partial charge in [-0.1, -0.05) is 12.8 Å². The molecular weight excluding hydrogens is 370 g/mol. The van der Waals surface area contributed by atoms with Crippen molar-refractivity contribution in [2.75, 3.05) is 6.61 Å². The van der Waals surface area contributed by atoms with Gasteiger partial charge in [0.2, 0.25) is 0 Å². The molecule has 0 N–H and O–H groups in total. The first-order valence-electron chi connectivity index (χ1n) is 12.2. The van der Waals surface area contributed by atoms with Gasteiger partial charge in [0.05, 0.1) is 6.10 Å². The Bertz CT molecular complexity index is 503. The maximum atomic E-state index is 12.2. The van der Waals surface area contributed by atoms with Crippen molar-refractivity contribution < 1.29 is 18.3 Å². The van der Waals surface area contributed by atoms with E-state index in [9.17, 15) is 13.6 Å². The molecule has 0 unspecified atom stereocenters. The van der Waals surface area contributed by atoms with Gasteiger partial charge in [0.15, 0.2) is 0 Å². The van der Waals surface area contributed by atoms with E-state index in [0.29, 0.717) is 24.2 Å². The van der Waals surface area contributed by atoms with Gasteiger partial charge in [-0.05, 0) is 107 Å². The van der Waals surface area contributed by atoms with Crippen LogP contribution >= 0.6 is 0 Å². The van der Waals surface area contributed by atoms with Crippen LogP contribution in [-0.2, 0) is 9.53 Å². The molecule has 0 bridgehead atoms. The summed E-state index contributed by atoms with van der Waals surface area (Å²) in [6, 6.07) is 0. The van der Waals surface area contributed by atoms with Crippen molar-refractivity contribution >= 4 is 5.78 Å². The summed E-state index contributed by atoms with van der Waals surface area (Å²) in [5.41, 5.74) is 0. The zero-order valence-corrected chi connectivity index (χ0v) is 18.1. The standard InChI is InChI=1S/C25H40F2O2/c26-25(27)5-1-3-19-6-10-21(11-7-19)22-12-16-24(17-13-22)29-18-2-4-20-8-14-23(28)15-9-20/h5,19-22,24H,1-4,6-18H2. The number of rotatable bonds is 9. The number of Topliss-reactive ketones (excluding diaryl/α,β-unsaturated/α-hetero) is 1. The average Bonchev–Trinajstić information content (AvgIpc) is 2.73. The second-order valence-corrected chi connectivity index (χ2v) is 9.88. The molecule has 3 rings (SSSR count). The molecule has 3 aliphatic carbocycles. The third-order valence-electron chi connectivity index (χ3n) is 7.92. The molecule has 0 radical (unpaired) electrons. The lowest BCUT2D eigenvalue weighted by atomic mass is 9.70. The lowest BCUT2D eigenvalue weighted by Gasteiger charge is -2.37. The summed E-state index contributed by atoms with van der Waals surface area (Å²) in [6.07, 6.45) is 17.7. The quantitative estimate of drug-likeness (QED) is 0.369. The van der Waals surface area contributed by atoms with Gasteiger partial charge in [-0.2, -0.15) is 8.78 Å². The highest BCUT2D eigenvalue weighted by Gasteiger charge is 2.31. The molecule has 4 heteroatoms. The Morgan fingerprint density at radius 1 is 0.828 bits per heavy atom. The summed E-state index contributed by atoms with van der Waals surface area (Å²) in [6.45, 7) is 0.888. The molecule has 0 heterocycles. The molecule has 0 aromatic heterocycles. The van der Waals surface area contributed by atoms with Crippen molar-refractivity contribution in [2.24, 2.45) is 23.7 Å². The molecule has 3 aliphatic rings. The molecular formula is C25H40F2O2. The van der Waals surface area contributed by atoms with Crippen molar-refractivity contribution in [1.29, 1.82) is 0 Å². The molecule has 0 atom stereocenters. The van der Waals surface area contributed by atoms with Gasteiger partial charge in [0.25, 0.3) is 6.08 Å². The first-order valence-corrected chi connectivity index (χ1v) is 12.2. The van der Waals surface area contributed by atoms with Crippen LogP contribution in [0.25, 0.3) is 0 Å². The number of hydrogen-bond donors (Lipinski definition) is 0. The van der Waals surface area contributed by atoms with E-state index in [2.05, 4.69) is 0 Å². The normalized spacial score (nSPS) is 31.6. The SMILES string of the molecule is O=C1CCC(CCCOC2CCC(C3CCC(CCC=C(F)F)CC3)CC2)CC1. The van der Waals surface area contributed by atoms with E-state index >= 15 is 0 Å². The zero-order valence-electron chi connectivity index (χ0n) is 18.1. The molecule has 0 saturated heterocycles. The molecule has 3 fully saturated rings. The van der Waals surface area contributed by atoms with E-state index < -0.39 is 6.08 Å². The van der Waals surface area contributed by atoms with Gasteiger partial charge in [0, 0.05) is 19.4 Å². The first kappa shape index (κ1) is 22.9. The molecule has 0 aromatic carbocycles. The van der Waals surface area contributed by atoms with Crippen LogP contribution in [0.15, 0.2) is 12.2 Å². The number of hydrogen-bond acceptors (Lipinski definition) is 2. The van der Waals surface area contributed by atoms with Crippen LogP contribution in [0.5, 0.6) is 0 Å². The van der Waals surface area contributed by atoms with Crippen molar-refractivity contribution in [3.05, 3.63) is 12.2 Å². The maximum absolute atomic E-state index is 12.2. The predicted molar refractivity (Wildman–Crippen MR) is 113 cm³/mol. The summed E-state index contributed by atoms with van der Waals surface area (Å²) < 4.78 is 30.5. The number of ketones is 1. The highest BCUT2D eigenvalue weighted by atomic mass is 19.3. The van der Waals surface area contributed by atoms with E-state index in [4.69, 9.17) is 4.74 Å². The van der Waals surface area contributed by atoms with Crippen molar-refractivity contribution in [2.45, 2.75) is 109 Å². The average molecular weight is 411 g/mol. The lowest BCUT2D eigenvalue weighted by Crippen LogP contribution is -2.28. The molecule has 0 aromatic rings. The monoisotopic (exact) mass is 410 g/mol. The molecule has 0 spiro atoms.